The van der Waals surface area contributed by atoms with Crippen molar-refractivity contribution < 1.29 is 19.9 Å². The molecule has 2 unspecified atom stereocenters. The Kier molecular flexibility index (Phi) is 5.58. The van der Waals surface area contributed by atoms with Gasteiger partial charge in [0.2, 0.25) is 0 Å². The minimum Gasteiger partial charge on any atom is -0.465 e. The van der Waals surface area contributed by atoms with E-state index in [2.05, 4.69) is 16.4 Å². The Morgan fingerprint density at radius 2 is 2.17 bits per heavy atom. The number of rotatable bonds is 5. The number of nitrogens with one attached hydrogen (secondary N) is 1. The Morgan fingerprint density at radius 1 is 1.43 bits per heavy atom. The summed E-state index contributed by atoms with van der Waals surface area (Å²) < 4.78 is 0. The molecule has 0 radical (unpaired) electrons. The molecule has 0 saturated carbocycles. The van der Waals surface area contributed by atoms with Gasteiger partial charge in [0.1, 0.15) is 5.69 Å². The Hall–Kier alpha value is -3.71. The second-order valence-electron chi connectivity index (χ2n) is 7.70. The number of nitrogens with zero attached hydrogens (tertiary/aromatic N) is 4. The van der Waals surface area contributed by atoms with Gasteiger partial charge in [0, 0.05) is 30.6 Å². The first kappa shape index (κ1) is 21.0. The van der Waals surface area contributed by atoms with E-state index in [1.807, 2.05) is 0 Å². The van der Waals surface area contributed by atoms with Gasteiger partial charge in [0.15, 0.2) is 0 Å². The molecule has 0 aliphatic carbocycles. The maximum absolute atomic E-state index is 11.7. The number of carbonyl (C=O) groups is 1. The lowest BCUT2D eigenvalue weighted by molar-refractivity contribution is -0.384. The Labute approximate surface area is 172 Å². The standard InChI is InChI=1S/C20H21N5O5/c1-20(2,28)18-8-14(23-19(26)27)11-24(18)17-7-12(3-4-16(17)25(29)30)15-10-22-6-5-13(15)9-21/h3-7,10,14,18,23,28H,8,11H2,1-2H3,(H,26,27). The van der Waals surface area contributed by atoms with Crippen LogP contribution in [0, 0.1) is 21.4 Å². The highest BCUT2D eigenvalue weighted by atomic mass is 16.6. The molecule has 1 aromatic carbocycles. The van der Waals surface area contributed by atoms with Crippen LogP contribution < -0.4 is 10.2 Å². The molecule has 1 saturated heterocycles. The first-order valence-electron chi connectivity index (χ1n) is 9.23. The number of hydrogen-bond donors (Lipinski definition) is 3. The monoisotopic (exact) mass is 411 g/mol. The molecule has 3 N–H and O–H groups in total. The van der Waals surface area contributed by atoms with E-state index in [0.29, 0.717) is 16.7 Å². The lowest BCUT2D eigenvalue weighted by atomic mass is 9.94. The van der Waals surface area contributed by atoms with Crippen molar-refractivity contribution in [1.29, 1.82) is 5.26 Å². The number of aliphatic hydroxyl groups is 1. The molecule has 3 rings (SSSR count). The van der Waals surface area contributed by atoms with Gasteiger partial charge in [-0.1, -0.05) is 0 Å². The molecule has 1 aromatic heterocycles. The fourth-order valence-electron chi connectivity index (χ4n) is 3.85. The van der Waals surface area contributed by atoms with Gasteiger partial charge in [0.05, 0.1) is 34.2 Å². The van der Waals surface area contributed by atoms with Gasteiger partial charge in [-0.2, -0.15) is 5.26 Å². The van der Waals surface area contributed by atoms with Crippen LogP contribution in [-0.4, -0.2) is 50.4 Å². The summed E-state index contributed by atoms with van der Waals surface area (Å²) in [6, 6.07) is 7.04. The number of aromatic nitrogens is 1. The molecule has 2 heterocycles. The number of pyridine rings is 1. The smallest absolute Gasteiger partial charge is 0.404 e. The summed E-state index contributed by atoms with van der Waals surface area (Å²) in [6.45, 7) is 3.32. The second kappa shape index (κ2) is 7.96. The van der Waals surface area contributed by atoms with E-state index in [0.717, 1.165) is 0 Å². The Balaban J connectivity index is 2.13. The summed E-state index contributed by atoms with van der Waals surface area (Å²) in [5.41, 5.74) is 0.277. The Morgan fingerprint density at radius 3 is 2.77 bits per heavy atom. The van der Waals surface area contributed by atoms with Crippen molar-refractivity contribution in [2.75, 3.05) is 11.4 Å². The van der Waals surface area contributed by atoms with E-state index in [1.165, 1.54) is 18.5 Å². The summed E-state index contributed by atoms with van der Waals surface area (Å²) in [4.78, 5) is 28.0. The third-order valence-electron chi connectivity index (χ3n) is 5.18. The molecular weight excluding hydrogens is 390 g/mol. The Bertz CT molecular complexity index is 1030. The molecule has 1 aliphatic heterocycles. The summed E-state index contributed by atoms with van der Waals surface area (Å²) in [5.74, 6) is 0. The average Bonchev–Trinajstić information content (AvgIpc) is 3.11. The molecule has 30 heavy (non-hydrogen) atoms. The lowest BCUT2D eigenvalue weighted by Gasteiger charge is -2.34. The minimum absolute atomic E-state index is 0.156. The SMILES string of the molecule is CC(C)(O)C1CC(NC(=O)O)CN1c1cc(-c2cnccc2C#N)ccc1[N+](=O)[O-]. The van der Waals surface area contributed by atoms with Crippen LogP contribution in [0.1, 0.15) is 25.8 Å². The quantitative estimate of drug-likeness (QED) is 0.501. The predicted octanol–water partition coefficient (Wildman–Crippen LogP) is 2.51. The van der Waals surface area contributed by atoms with Crippen LogP contribution in [0.15, 0.2) is 36.7 Å². The van der Waals surface area contributed by atoms with Crippen LogP contribution in [0.25, 0.3) is 11.1 Å². The zero-order valence-electron chi connectivity index (χ0n) is 16.4. The highest BCUT2D eigenvalue weighted by molar-refractivity contribution is 5.78. The van der Waals surface area contributed by atoms with Crippen molar-refractivity contribution in [3.8, 4) is 17.2 Å². The highest BCUT2D eigenvalue weighted by Crippen LogP contribution is 2.40. The fourth-order valence-corrected chi connectivity index (χ4v) is 3.85. The van der Waals surface area contributed by atoms with Gasteiger partial charge in [-0.25, -0.2) is 4.79 Å². The number of carboxylic acid groups (broad SMARTS) is 1. The van der Waals surface area contributed by atoms with Crippen molar-refractivity contribution in [1.82, 2.24) is 10.3 Å². The lowest BCUT2D eigenvalue weighted by Crippen LogP contribution is -2.46. The molecule has 1 aliphatic rings. The summed E-state index contributed by atoms with van der Waals surface area (Å²) in [7, 11) is 0. The average molecular weight is 411 g/mol. The molecule has 0 bridgehead atoms. The van der Waals surface area contributed by atoms with Crippen LogP contribution in [-0.2, 0) is 0 Å². The predicted molar refractivity (Wildman–Crippen MR) is 108 cm³/mol. The van der Waals surface area contributed by atoms with Gasteiger partial charge in [-0.05, 0) is 44.0 Å². The van der Waals surface area contributed by atoms with E-state index in [1.54, 1.807) is 36.9 Å². The van der Waals surface area contributed by atoms with Gasteiger partial charge >= 0.3 is 6.09 Å². The molecule has 2 atom stereocenters. The first-order valence-corrected chi connectivity index (χ1v) is 9.23. The van der Waals surface area contributed by atoms with Crippen LogP contribution in [0.5, 0.6) is 0 Å². The fraction of sp³-hybridized carbons (Fsp3) is 0.350. The van der Waals surface area contributed by atoms with Gasteiger partial charge < -0.3 is 20.4 Å². The maximum Gasteiger partial charge on any atom is 0.404 e. The van der Waals surface area contributed by atoms with Crippen LogP contribution in [0.4, 0.5) is 16.2 Å². The summed E-state index contributed by atoms with van der Waals surface area (Å²) in [5, 5.41) is 43.2. The van der Waals surface area contributed by atoms with Gasteiger partial charge in [-0.15, -0.1) is 0 Å². The van der Waals surface area contributed by atoms with Gasteiger partial charge in [0.25, 0.3) is 5.69 Å². The van der Waals surface area contributed by atoms with E-state index in [9.17, 15) is 25.3 Å². The number of benzene rings is 1. The van der Waals surface area contributed by atoms with Crippen LogP contribution in [0.2, 0.25) is 0 Å². The number of nitro groups is 1. The van der Waals surface area contributed by atoms with Crippen LogP contribution >= 0.6 is 0 Å². The van der Waals surface area contributed by atoms with Crippen LogP contribution in [0.3, 0.4) is 0 Å². The first-order chi connectivity index (χ1) is 14.1. The van der Waals surface area contributed by atoms with Crippen molar-refractivity contribution in [2.45, 2.75) is 38.0 Å². The third-order valence-corrected chi connectivity index (χ3v) is 5.18. The van der Waals surface area contributed by atoms with E-state index in [-0.39, 0.29) is 24.3 Å². The zero-order chi connectivity index (χ0) is 22.1. The molecule has 0 spiro atoms. The number of hydrogen-bond acceptors (Lipinski definition) is 7. The van der Waals surface area contributed by atoms with Crippen molar-refractivity contribution in [3.63, 3.8) is 0 Å². The summed E-state index contributed by atoms with van der Waals surface area (Å²) >= 11 is 0. The van der Waals surface area contributed by atoms with E-state index in [4.69, 9.17) is 5.11 Å². The second-order valence-corrected chi connectivity index (χ2v) is 7.70. The van der Waals surface area contributed by atoms with Gasteiger partial charge in [-0.3, -0.25) is 15.1 Å². The number of anilines is 1. The zero-order valence-corrected chi connectivity index (χ0v) is 16.4. The molecule has 1 amide bonds. The van der Waals surface area contributed by atoms with Crippen molar-refractivity contribution >= 4 is 17.5 Å². The van der Waals surface area contributed by atoms with Crippen molar-refractivity contribution in [2.24, 2.45) is 0 Å². The van der Waals surface area contributed by atoms with E-state index < -0.39 is 28.7 Å². The normalized spacial score (nSPS) is 18.7. The third kappa shape index (κ3) is 4.16. The topological polar surface area (TPSA) is 153 Å². The van der Waals surface area contributed by atoms with Crippen molar-refractivity contribution in [3.05, 3.63) is 52.3 Å². The molecule has 10 heteroatoms. The number of nitro benzene ring substituents is 1. The molecule has 1 fully saturated rings. The molecular formula is C20H21N5O5. The largest absolute Gasteiger partial charge is 0.465 e. The molecule has 156 valence electrons. The van der Waals surface area contributed by atoms with E-state index >= 15 is 0 Å². The number of nitriles is 1. The maximum atomic E-state index is 11.7. The minimum atomic E-state index is -1.25. The highest BCUT2D eigenvalue weighted by Gasteiger charge is 2.43. The molecule has 10 nitrogen and oxygen atoms in total. The number of amides is 1. The summed E-state index contributed by atoms with van der Waals surface area (Å²) in [6.07, 6.45) is 2.08. The molecule has 2 aromatic rings.